The zero-order valence-corrected chi connectivity index (χ0v) is 10.9. The van der Waals surface area contributed by atoms with Crippen LogP contribution in [0.5, 0.6) is 5.75 Å². The molecule has 0 aliphatic rings. The Morgan fingerprint density at radius 2 is 1.84 bits per heavy atom. The molecule has 0 aliphatic heterocycles. The lowest BCUT2D eigenvalue weighted by Crippen LogP contribution is -2.14. The molecule has 0 unspecified atom stereocenters. The standard InChI is InChI=1S/C15H16N2O2/c1-10-13(19-2)9-8-12(16)14(10)17-15(18)11-6-4-3-5-7-11/h3-9H,16H2,1-2H3,(H,17,18). The first kappa shape index (κ1) is 13.0. The molecule has 3 N–H and O–H groups in total. The van der Waals surface area contributed by atoms with Gasteiger partial charge in [-0.25, -0.2) is 0 Å². The van der Waals surface area contributed by atoms with Crippen molar-refractivity contribution in [2.45, 2.75) is 6.92 Å². The molecule has 0 aromatic heterocycles. The number of nitrogens with two attached hydrogens (primary N) is 1. The molecule has 0 fully saturated rings. The van der Waals surface area contributed by atoms with Crippen molar-refractivity contribution in [3.63, 3.8) is 0 Å². The molecule has 0 aliphatic carbocycles. The molecule has 98 valence electrons. The lowest BCUT2D eigenvalue weighted by Gasteiger charge is -2.14. The maximum Gasteiger partial charge on any atom is 0.255 e. The number of benzene rings is 2. The van der Waals surface area contributed by atoms with E-state index in [9.17, 15) is 4.79 Å². The van der Waals surface area contributed by atoms with Gasteiger partial charge in [0.1, 0.15) is 5.75 Å². The van der Waals surface area contributed by atoms with Gasteiger partial charge >= 0.3 is 0 Å². The molecule has 0 saturated carbocycles. The third-order valence-corrected chi connectivity index (χ3v) is 2.94. The second-order valence-corrected chi connectivity index (χ2v) is 4.18. The molecule has 0 atom stereocenters. The second kappa shape index (κ2) is 5.44. The molecule has 2 aromatic carbocycles. The smallest absolute Gasteiger partial charge is 0.255 e. The summed E-state index contributed by atoms with van der Waals surface area (Å²) >= 11 is 0. The summed E-state index contributed by atoms with van der Waals surface area (Å²) < 4.78 is 5.22. The molecule has 0 spiro atoms. The zero-order valence-electron chi connectivity index (χ0n) is 10.9. The fraction of sp³-hybridized carbons (Fsp3) is 0.133. The predicted octanol–water partition coefficient (Wildman–Crippen LogP) is 2.84. The molecule has 2 aromatic rings. The summed E-state index contributed by atoms with van der Waals surface area (Å²) in [6, 6.07) is 12.5. The van der Waals surface area contributed by atoms with Gasteiger partial charge in [0.05, 0.1) is 18.5 Å². The lowest BCUT2D eigenvalue weighted by atomic mass is 10.1. The number of nitrogens with one attached hydrogen (secondary N) is 1. The third kappa shape index (κ3) is 2.68. The van der Waals surface area contributed by atoms with E-state index < -0.39 is 0 Å². The van der Waals surface area contributed by atoms with Crippen molar-refractivity contribution in [3.05, 3.63) is 53.6 Å². The van der Waals surface area contributed by atoms with Crippen LogP contribution < -0.4 is 15.8 Å². The van der Waals surface area contributed by atoms with Crippen LogP contribution in [0.2, 0.25) is 0 Å². The SMILES string of the molecule is COc1ccc(N)c(NC(=O)c2ccccc2)c1C. The van der Waals surface area contributed by atoms with Crippen LogP contribution in [0.4, 0.5) is 11.4 Å². The number of hydrogen-bond acceptors (Lipinski definition) is 3. The van der Waals surface area contributed by atoms with Gasteiger partial charge in [0.2, 0.25) is 0 Å². The van der Waals surface area contributed by atoms with E-state index in [1.807, 2.05) is 25.1 Å². The van der Waals surface area contributed by atoms with E-state index in [0.29, 0.717) is 22.7 Å². The molecular formula is C15H16N2O2. The van der Waals surface area contributed by atoms with Crippen LogP contribution in [0.15, 0.2) is 42.5 Å². The number of methoxy groups -OCH3 is 1. The number of ether oxygens (including phenoxy) is 1. The van der Waals surface area contributed by atoms with E-state index in [0.717, 1.165) is 5.56 Å². The van der Waals surface area contributed by atoms with Gasteiger partial charge in [-0.15, -0.1) is 0 Å². The summed E-state index contributed by atoms with van der Waals surface area (Å²) in [7, 11) is 1.58. The lowest BCUT2D eigenvalue weighted by molar-refractivity contribution is 0.102. The van der Waals surface area contributed by atoms with Crippen LogP contribution in [0.25, 0.3) is 0 Å². The number of hydrogen-bond donors (Lipinski definition) is 2. The Morgan fingerprint density at radius 3 is 2.47 bits per heavy atom. The summed E-state index contributed by atoms with van der Waals surface area (Å²) in [5, 5.41) is 2.83. The van der Waals surface area contributed by atoms with Crippen molar-refractivity contribution in [1.29, 1.82) is 0 Å². The maximum atomic E-state index is 12.1. The summed E-state index contributed by atoms with van der Waals surface area (Å²) in [6.07, 6.45) is 0. The van der Waals surface area contributed by atoms with Crippen LogP contribution in [-0.2, 0) is 0 Å². The number of anilines is 2. The maximum absolute atomic E-state index is 12.1. The van der Waals surface area contributed by atoms with Gasteiger partial charge < -0.3 is 15.8 Å². The number of carbonyl (C=O) groups is 1. The Balaban J connectivity index is 2.31. The van der Waals surface area contributed by atoms with Gasteiger partial charge in [-0.1, -0.05) is 18.2 Å². The highest BCUT2D eigenvalue weighted by atomic mass is 16.5. The van der Waals surface area contributed by atoms with E-state index in [4.69, 9.17) is 10.5 Å². The summed E-state index contributed by atoms with van der Waals surface area (Å²) in [5.41, 5.74) is 8.41. The number of amides is 1. The minimum atomic E-state index is -0.191. The summed E-state index contributed by atoms with van der Waals surface area (Å²) in [4.78, 5) is 12.1. The molecule has 0 heterocycles. The quantitative estimate of drug-likeness (QED) is 0.830. The molecular weight excluding hydrogens is 240 g/mol. The Labute approximate surface area is 112 Å². The number of nitrogen functional groups attached to an aromatic ring is 1. The Hall–Kier alpha value is -2.49. The van der Waals surface area contributed by atoms with E-state index >= 15 is 0 Å². The van der Waals surface area contributed by atoms with Gasteiger partial charge in [-0.3, -0.25) is 4.79 Å². The van der Waals surface area contributed by atoms with Crippen molar-refractivity contribution < 1.29 is 9.53 Å². The molecule has 0 radical (unpaired) electrons. The van der Waals surface area contributed by atoms with Gasteiger partial charge in [0.25, 0.3) is 5.91 Å². The van der Waals surface area contributed by atoms with E-state index in [1.54, 1.807) is 31.4 Å². The van der Waals surface area contributed by atoms with E-state index in [1.165, 1.54) is 0 Å². The Bertz CT molecular complexity index is 595. The van der Waals surface area contributed by atoms with Gasteiger partial charge in [0.15, 0.2) is 0 Å². The summed E-state index contributed by atoms with van der Waals surface area (Å²) in [6.45, 7) is 1.86. The largest absolute Gasteiger partial charge is 0.496 e. The van der Waals surface area contributed by atoms with E-state index in [-0.39, 0.29) is 5.91 Å². The molecule has 0 saturated heterocycles. The first-order valence-electron chi connectivity index (χ1n) is 5.93. The molecule has 0 bridgehead atoms. The van der Waals surface area contributed by atoms with Crippen LogP contribution in [0.1, 0.15) is 15.9 Å². The van der Waals surface area contributed by atoms with Crippen molar-refractivity contribution in [2.24, 2.45) is 0 Å². The predicted molar refractivity (Wildman–Crippen MR) is 76.5 cm³/mol. The first-order valence-corrected chi connectivity index (χ1v) is 5.93. The second-order valence-electron chi connectivity index (χ2n) is 4.18. The topological polar surface area (TPSA) is 64.3 Å². The summed E-state index contributed by atoms with van der Waals surface area (Å²) in [5.74, 6) is 0.501. The van der Waals surface area contributed by atoms with Gasteiger partial charge in [0, 0.05) is 11.1 Å². The average molecular weight is 256 g/mol. The minimum absolute atomic E-state index is 0.191. The van der Waals surface area contributed by atoms with Crippen LogP contribution in [-0.4, -0.2) is 13.0 Å². The van der Waals surface area contributed by atoms with Gasteiger partial charge in [-0.05, 0) is 31.2 Å². The molecule has 2 rings (SSSR count). The third-order valence-electron chi connectivity index (χ3n) is 2.94. The first-order chi connectivity index (χ1) is 9.13. The Morgan fingerprint density at radius 1 is 1.16 bits per heavy atom. The van der Waals surface area contributed by atoms with Crippen molar-refractivity contribution >= 4 is 17.3 Å². The highest BCUT2D eigenvalue weighted by molar-refractivity contribution is 6.06. The van der Waals surface area contributed by atoms with Crippen molar-refractivity contribution in [2.75, 3.05) is 18.2 Å². The van der Waals surface area contributed by atoms with Crippen molar-refractivity contribution in [3.8, 4) is 5.75 Å². The number of rotatable bonds is 3. The van der Waals surface area contributed by atoms with Crippen LogP contribution in [0.3, 0.4) is 0 Å². The van der Waals surface area contributed by atoms with Crippen LogP contribution >= 0.6 is 0 Å². The minimum Gasteiger partial charge on any atom is -0.496 e. The van der Waals surface area contributed by atoms with Crippen molar-refractivity contribution in [1.82, 2.24) is 0 Å². The van der Waals surface area contributed by atoms with E-state index in [2.05, 4.69) is 5.32 Å². The monoisotopic (exact) mass is 256 g/mol. The normalized spacial score (nSPS) is 10.0. The highest BCUT2D eigenvalue weighted by Gasteiger charge is 2.12. The zero-order chi connectivity index (χ0) is 13.8. The molecule has 4 nitrogen and oxygen atoms in total. The highest BCUT2D eigenvalue weighted by Crippen LogP contribution is 2.31. The molecule has 19 heavy (non-hydrogen) atoms. The molecule has 1 amide bonds. The fourth-order valence-electron chi connectivity index (χ4n) is 1.88. The average Bonchev–Trinajstić information content (AvgIpc) is 2.44. The Kier molecular flexibility index (Phi) is 3.71. The van der Waals surface area contributed by atoms with Gasteiger partial charge in [-0.2, -0.15) is 0 Å². The van der Waals surface area contributed by atoms with Crippen LogP contribution in [0, 0.1) is 6.92 Å². The molecule has 4 heteroatoms. The fourth-order valence-corrected chi connectivity index (χ4v) is 1.88. The number of carbonyl (C=O) groups excluding carboxylic acids is 1.